The van der Waals surface area contributed by atoms with Gasteiger partial charge >= 0.3 is 0 Å². The van der Waals surface area contributed by atoms with Crippen molar-refractivity contribution < 1.29 is 10.2 Å². The summed E-state index contributed by atoms with van der Waals surface area (Å²) < 4.78 is 0. The first kappa shape index (κ1) is 14.9. The van der Waals surface area contributed by atoms with Crippen molar-refractivity contribution in [2.45, 2.75) is 67.6 Å². The Labute approximate surface area is 94.7 Å². The minimum atomic E-state index is -1.26. The van der Waals surface area contributed by atoms with Crippen molar-refractivity contribution in [2.75, 3.05) is 0 Å². The third kappa shape index (κ3) is 3.46. The summed E-state index contributed by atoms with van der Waals surface area (Å²) in [6, 6.07) is 0. The summed E-state index contributed by atoms with van der Waals surface area (Å²) in [6.07, 6.45) is 0.488. The van der Waals surface area contributed by atoms with Crippen molar-refractivity contribution >= 4 is 0 Å². The molecule has 2 N–H and O–H groups in total. The predicted octanol–water partition coefficient (Wildman–Crippen LogP) is 3.18. The van der Waals surface area contributed by atoms with Crippen LogP contribution >= 0.6 is 0 Å². The Kier molecular flexibility index (Phi) is 4.40. The average Bonchev–Trinajstić information content (AvgIpc) is 2.00. The van der Waals surface area contributed by atoms with E-state index in [1.807, 2.05) is 6.92 Å². The molecule has 0 aromatic carbocycles. The highest BCUT2D eigenvalue weighted by molar-refractivity contribution is 4.93. The molecule has 0 heterocycles. The second kappa shape index (κ2) is 4.42. The molecule has 0 aliphatic heterocycles. The van der Waals surface area contributed by atoms with E-state index in [-0.39, 0.29) is 10.8 Å². The molecule has 2 heteroatoms. The van der Waals surface area contributed by atoms with Gasteiger partial charge in [0.1, 0.15) is 0 Å². The van der Waals surface area contributed by atoms with Crippen LogP contribution in [0.3, 0.4) is 0 Å². The van der Waals surface area contributed by atoms with Crippen molar-refractivity contribution in [1.82, 2.24) is 0 Å². The zero-order valence-electron chi connectivity index (χ0n) is 11.4. The average molecular weight is 216 g/mol. The van der Waals surface area contributed by atoms with Crippen LogP contribution in [0, 0.1) is 16.2 Å². The van der Waals surface area contributed by atoms with E-state index in [0.29, 0.717) is 0 Å². The smallest absolute Gasteiger partial charge is 0.157 e. The minimum Gasteiger partial charge on any atom is -0.368 e. The molecule has 0 spiro atoms. The Morgan fingerprint density at radius 2 is 1.33 bits per heavy atom. The summed E-state index contributed by atoms with van der Waals surface area (Å²) in [5, 5.41) is 19.3. The quantitative estimate of drug-likeness (QED) is 0.709. The van der Waals surface area contributed by atoms with Crippen LogP contribution in [0.15, 0.2) is 0 Å². The molecule has 0 aliphatic carbocycles. The molecular formula is C13H28O2. The van der Waals surface area contributed by atoms with Gasteiger partial charge in [0.2, 0.25) is 0 Å². The van der Waals surface area contributed by atoms with Crippen LogP contribution in [0.25, 0.3) is 0 Å². The summed E-state index contributed by atoms with van der Waals surface area (Å²) in [4.78, 5) is 0. The van der Waals surface area contributed by atoms with Gasteiger partial charge in [-0.1, -0.05) is 54.9 Å². The first-order chi connectivity index (χ1) is 6.46. The monoisotopic (exact) mass is 216 g/mol. The number of aliphatic hydroxyl groups excluding tert-OH is 1. The summed E-state index contributed by atoms with van der Waals surface area (Å²) in [6.45, 7) is 14.7. The van der Waals surface area contributed by atoms with Crippen molar-refractivity contribution in [3.8, 4) is 0 Å². The number of hydrogen-bond donors (Lipinski definition) is 2. The van der Waals surface area contributed by atoms with Gasteiger partial charge in [0.05, 0.1) is 0 Å². The van der Waals surface area contributed by atoms with Gasteiger partial charge in [-0.25, -0.2) is 0 Å². The molecule has 0 radical (unpaired) electrons. The maximum absolute atomic E-state index is 9.66. The molecule has 2 nitrogen and oxygen atoms in total. The van der Waals surface area contributed by atoms with Gasteiger partial charge in [-0.3, -0.25) is 0 Å². The summed E-state index contributed by atoms with van der Waals surface area (Å²) in [5.41, 5.74) is -0.431. The second-order valence-electron chi connectivity index (χ2n) is 6.77. The second-order valence-corrected chi connectivity index (χ2v) is 6.77. The zero-order valence-corrected chi connectivity index (χ0v) is 11.4. The van der Waals surface area contributed by atoms with Crippen LogP contribution in [-0.4, -0.2) is 16.5 Å². The van der Waals surface area contributed by atoms with Gasteiger partial charge in [0.15, 0.2) is 6.29 Å². The first-order valence-electron chi connectivity index (χ1n) is 5.82. The fourth-order valence-electron chi connectivity index (χ4n) is 2.19. The predicted molar refractivity (Wildman–Crippen MR) is 64.5 cm³/mol. The van der Waals surface area contributed by atoms with Gasteiger partial charge in [-0.15, -0.1) is 0 Å². The zero-order chi connectivity index (χ0) is 12.5. The maximum Gasteiger partial charge on any atom is 0.157 e. The van der Waals surface area contributed by atoms with E-state index in [0.717, 1.165) is 12.8 Å². The van der Waals surface area contributed by atoms with Crippen LogP contribution in [0.2, 0.25) is 0 Å². The lowest BCUT2D eigenvalue weighted by atomic mass is 9.59. The van der Waals surface area contributed by atoms with Gasteiger partial charge in [0.25, 0.3) is 0 Å². The van der Waals surface area contributed by atoms with E-state index in [9.17, 15) is 10.2 Å². The highest BCUT2D eigenvalue weighted by Gasteiger charge is 2.46. The van der Waals surface area contributed by atoms with Crippen molar-refractivity contribution in [3.05, 3.63) is 0 Å². The molecule has 0 bridgehead atoms. The first-order valence-corrected chi connectivity index (χ1v) is 5.82. The lowest BCUT2D eigenvalue weighted by molar-refractivity contribution is -0.186. The molecule has 0 saturated heterocycles. The van der Waals surface area contributed by atoms with E-state index >= 15 is 0 Å². The van der Waals surface area contributed by atoms with E-state index in [2.05, 4.69) is 41.5 Å². The molecule has 0 amide bonds. The summed E-state index contributed by atoms with van der Waals surface area (Å²) >= 11 is 0. The lowest BCUT2D eigenvalue weighted by Crippen LogP contribution is -2.47. The van der Waals surface area contributed by atoms with Gasteiger partial charge < -0.3 is 10.2 Å². The molecule has 15 heavy (non-hydrogen) atoms. The molecule has 1 atom stereocenters. The number of rotatable bonds is 4. The molecule has 1 unspecified atom stereocenters. The maximum atomic E-state index is 9.66. The molecule has 0 rings (SSSR count). The fourth-order valence-corrected chi connectivity index (χ4v) is 2.19. The Balaban J connectivity index is 5.08. The molecule has 0 fully saturated rings. The molecule has 0 aliphatic rings. The molecule has 0 saturated carbocycles. The van der Waals surface area contributed by atoms with E-state index in [1.165, 1.54) is 0 Å². The summed E-state index contributed by atoms with van der Waals surface area (Å²) in [7, 11) is 0. The van der Waals surface area contributed by atoms with Gasteiger partial charge in [-0.05, 0) is 17.3 Å². The highest BCUT2D eigenvalue weighted by Crippen LogP contribution is 2.50. The molecule has 0 aromatic rings. The van der Waals surface area contributed by atoms with Crippen LogP contribution in [0.4, 0.5) is 0 Å². The van der Waals surface area contributed by atoms with Crippen LogP contribution < -0.4 is 0 Å². The largest absolute Gasteiger partial charge is 0.368 e. The van der Waals surface area contributed by atoms with Gasteiger partial charge in [0, 0.05) is 5.41 Å². The normalized spacial score (nSPS) is 18.0. The Hall–Kier alpha value is -0.0800. The SMILES string of the molecule is CCC(C)(C)C(C)(CC(C)(C)C)C(O)O. The standard InChI is InChI=1S/C13H28O2/c1-8-12(5,6)13(7,10(14)15)9-11(2,3)4/h10,14-15H,8-9H2,1-7H3. The van der Waals surface area contributed by atoms with E-state index in [4.69, 9.17) is 0 Å². The summed E-state index contributed by atoms with van der Waals surface area (Å²) in [5.74, 6) is 0. The van der Waals surface area contributed by atoms with Crippen molar-refractivity contribution in [3.63, 3.8) is 0 Å². The Bertz CT molecular complexity index is 201. The fraction of sp³-hybridized carbons (Fsp3) is 1.00. The van der Waals surface area contributed by atoms with E-state index in [1.54, 1.807) is 0 Å². The number of aliphatic hydroxyl groups is 2. The Morgan fingerprint density at radius 3 is 1.53 bits per heavy atom. The third-order valence-electron chi connectivity index (χ3n) is 3.90. The van der Waals surface area contributed by atoms with Crippen LogP contribution in [-0.2, 0) is 0 Å². The minimum absolute atomic E-state index is 0.0750. The molecule has 0 aromatic heterocycles. The Morgan fingerprint density at radius 1 is 0.933 bits per heavy atom. The number of hydrogen-bond acceptors (Lipinski definition) is 2. The van der Waals surface area contributed by atoms with Crippen LogP contribution in [0.5, 0.6) is 0 Å². The van der Waals surface area contributed by atoms with Crippen molar-refractivity contribution in [2.24, 2.45) is 16.2 Å². The molecule has 92 valence electrons. The van der Waals surface area contributed by atoms with E-state index < -0.39 is 11.7 Å². The molecular weight excluding hydrogens is 188 g/mol. The third-order valence-corrected chi connectivity index (χ3v) is 3.90. The van der Waals surface area contributed by atoms with Crippen molar-refractivity contribution in [1.29, 1.82) is 0 Å². The van der Waals surface area contributed by atoms with Crippen LogP contribution in [0.1, 0.15) is 61.3 Å². The van der Waals surface area contributed by atoms with Gasteiger partial charge in [-0.2, -0.15) is 0 Å². The topological polar surface area (TPSA) is 40.5 Å². The lowest BCUT2D eigenvalue weighted by Gasteiger charge is -2.48. The highest BCUT2D eigenvalue weighted by atomic mass is 16.5.